The van der Waals surface area contributed by atoms with Gasteiger partial charge in [0.25, 0.3) is 0 Å². The van der Waals surface area contributed by atoms with E-state index in [1.165, 1.54) is 7.11 Å². The van der Waals surface area contributed by atoms with Crippen LogP contribution < -0.4 is 20.7 Å². The molecular formula is C29H41N5O7. The van der Waals surface area contributed by atoms with Crippen molar-refractivity contribution >= 4 is 23.5 Å². The third kappa shape index (κ3) is 8.82. The van der Waals surface area contributed by atoms with Crippen molar-refractivity contribution in [3.8, 4) is 5.88 Å². The second-order valence-corrected chi connectivity index (χ2v) is 11.1. The Morgan fingerprint density at radius 3 is 2.49 bits per heavy atom. The fourth-order valence-corrected chi connectivity index (χ4v) is 5.03. The molecule has 0 unspecified atom stereocenters. The average molecular weight is 572 g/mol. The molecule has 3 heterocycles. The van der Waals surface area contributed by atoms with Crippen LogP contribution in [0.15, 0.2) is 30.0 Å². The summed E-state index contributed by atoms with van der Waals surface area (Å²) < 4.78 is 15.9. The number of nitrogens with zero attached hydrogens (tertiary/aromatic N) is 2. The molecule has 0 radical (unpaired) electrons. The maximum absolute atomic E-state index is 13.7. The first-order valence-electron chi connectivity index (χ1n) is 14.2. The monoisotopic (exact) mass is 571 g/mol. The SMILES string of the molecule is COc1cc(C[C@H](NC(=O)[C@H](C)NC(=O)CN2CCOCC2)C(=O)N[C@@H](CC2=CCCC2)C(=O)[C@@]2(C)CO2)ccn1. The summed E-state index contributed by atoms with van der Waals surface area (Å²) in [4.78, 5) is 58.8. The van der Waals surface area contributed by atoms with Gasteiger partial charge in [-0.3, -0.25) is 24.1 Å². The molecule has 12 heteroatoms. The number of hydrogen-bond acceptors (Lipinski definition) is 9. The van der Waals surface area contributed by atoms with E-state index in [4.69, 9.17) is 14.2 Å². The molecule has 1 aromatic heterocycles. The summed E-state index contributed by atoms with van der Waals surface area (Å²) in [7, 11) is 1.49. The minimum Gasteiger partial charge on any atom is -0.481 e. The van der Waals surface area contributed by atoms with E-state index in [0.717, 1.165) is 24.8 Å². The van der Waals surface area contributed by atoms with E-state index in [2.05, 4.69) is 27.0 Å². The lowest BCUT2D eigenvalue weighted by Crippen LogP contribution is -2.57. The summed E-state index contributed by atoms with van der Waals surface area (Å²) in [5, 5.41) is 8.40. The van der Waals surface area contributed by atoms with Crippen molar-refractivity contribution in [1.29, 1.82) is 0 Å². The summed E-state index contributed by atoms with van der Waals surface area (Å²) in [5.41, 5.74) is 0.928. The first kappa shape index (κ1) is 30.6. The number of Topliss-reactive ketones (excluding diaryl/α,β-unsaturated/α-hetero) is 1. The number of aromatic nitrogens is 1. The van der Waals surface area contributed by atoms with Gasteiger partial charge in [-0.05, 0) is 51.2 Å². The first-order valence-corrected chi connectivity index (χ1v) is 14.2. The summed E-state index contributed by atoms with van der Waals surface area (Å²) in [6.45, 7) is 6.18. The Bertz CT molecular complexity index is 1150. The number of carbonyl (C=O) groups excluding carboxylic acids is 4. The molecular weight excluding hydrogens is 530 g/mol. The number of methoxy groups -OCH3 is 1. The second-order valence-electron chi connectivity index (χ2n) is 11.1. The van der Waals surface area contributed by atoms with E-state index >= 15 is 0 Å². The number of amides is 3. The molecule has 3 aliphatic rings. The van der Waals surface area contributed by atoms with Crippen LogP contribution in [-0.4, -0.2) is 104 Å². The predicted octanol–water partition coefficient (Wildman–Crippen LogP) is 0.298. The molecule has 4 atom stereocenters. The van der Waals surface area contributed by atoms with Crippen LogP contribution in [0.4, 0.5) is 0 Å². The van der Waals surface area contributed by atoms with E-state index in [1.54, 1.807) is 32.2 Å². The third-order valence-corrected chi connectivity index (χ3v) is 7.66. The quantitative estimate of drug-likeness (QED) is 0.211. The summed E-state index contributed by atoms with van der Waals surface area (Å²) in [6, 6.07) is 0.731. The summed E-state index contributed by atoms with van der Waals surface area (Å²) >= 11 is 0. The van der Waals surface area contributed by atoms with Gasteiger partial charge in [0, 0.05) is 31.8 Å². The van der Waals surface area contributed by atoms with Gasteiger partial charge in [-0.1, -0.05) is 11.6 Å². The van der Waals surface area contributed by atoms with E-state index in [1.807, 2.05) is 4.90 Å². The number of allylic oxidation sites excluding steroid dienone is 1. The molecule has 3 N–H and O–H groups in total. The fraction of sp³-hybridized carbons (Fsp3) is 0.621. The van der Waals surface area contributed by atoms with Crippen molar-refractivity contribution in [1.82, 2.24) is 25.8 Å². The number of hydrogen-bond donors (Lipinski definition) is 3. The zero-order chi connectivity index (χ0) is 29.4. The Balaban J connectivity index is 1.45. The van der Waals surface area contributed by atoms with Crippen LogP contribution in [0, 0.1) is 0 Å². The lowest BCUT2D eigenvalue weighted by molar-refractivity contribution is -0.134. The van der Waals surface area contributed by atoms with Gasteiger partial charge < -0.3 is 30.2 Å². The topological polar surface area (TPSA) is 151 Å². The number of epoxide rings is 1. The number of rotatable bonds is 14. The Hall–Kier alpha value is -3.35. The highest BCUT2D eigenvalue weighted by molar-refractivity contribution is 5.98. The number of pyridine rings is 1. The summed E-state index contributed by atoms with van der Waals surface area (Å²) in [6.07, 6.45) is 7.07. The average Bonchev–Trinajstić information content (AvgIpc) is 3.50. The number of ketones is 1. The van der Waals surface area contributed by atoms with Crippen LogP contribution in [-0.2, 0) is 35.1 Å². The van der Waals surface area contributed by atoms with Crippen LogP contribution in [0.3, 0.4) is 0 Å². The zero-order valence-electron chi connectivity index (χ0n) is 24.1. The van der Waals surface area contributed by atoms with Crippen molar-refractivity contribution in [2.24, 2.45) is 0 Å². The Kier molecular flexibility index (Phi) is 10.5. The number of carbonyl (C=O) groups is 4. The van der Waals surface area contributed by atoms with E-state index in [0.29, 0.717) is 50.8 Å². The van der Waals surface area contributed by atoms with Crippen molar-refractivity contribution < 1.29 is 33.4 Å². The molecule has 1 aromatic rings. The second kappa shape index (κ2) is 14.0. The van der Waals surface area contributed by atoms with Crippen LogP contribution in [0.2, 0.25) is 0 Å². The normalized spacial score (nSPS) is 22.6. The third-order valence-electron chi connectivity index (χ3n) is 7.66. The minimum absolute atomic E-state index is 0.127. The van der Waals surface area contributed by atoms with Gasteiger partial charge in [0.1, 0.15) is 17.7 Å². The predicted molar refractivity (Wildman–Crippen MR) is 149 cm³/mol. The molecule has 4 rings (SSSR count). The van der Waals surface area contributed by atoms with Crippen molar-refractivity contribution in [2.45, 2.75) is 69.7 Å². The number of nitrogens with one attached hydrogen (secondary N) is 3. The molecule has 224 valence electrons. The number of ether oxygens (including phenoxy) is 3. The fourth-order valence-electron chi connectivity index (χ4n) is 5.03. The molecule has 2 saturated heterocycles. The zero-order valence-corrected chi connectivity index (χ0v) is 24.1. The van der Waals surface area contributed by atoms with E-state index in [9.17, 15) is 19.2 Å². The summed E-state index contributed by atoms with van der Waals surface area (Å²) in [5.74, 6) is -1.11. The first-order chi connectivity index (χ1) is 19.7. The van der Waals surface area contributed by atoms with Crippen molar-refractivity contribution in [3.63, 3.8) is 0 Å². The molecule has 0 spiro atoms. The lowest BCUT2D eigenvalue weighted by atomic mass is 9.94. The largest absolute Gasteiger partial charge is 0.481 e. The lowest BCUT2D eigenvalue weighted by Gasteiger charge is -2.27. The smallest absolute Gasteiger partial charge is 0.243 e. The van der Waals surface area contributed by atoms with Gasteiger partial charge in [-0.2, -0.15) is 0 Å². The molecule has 3 amide bonds. The Morgan fingerprint density at radius 2 is 1.83 bits per heavy atom. The van der Waals surface area contributed by atoms with Gasteiger partial charge >= 0.3 is 0 Å². The van der Waals surface area contributed by atoms with Gasteiger partial charge in [-0.25, -0.2) is 4.98 Å². The van der Waals surface area contributed by atoms with Crippen LogP contribution >= 0.6 is 0 Å². The van der Waals surface area contributed by atoms with Crippen LogP contribution in [0.25, 0.3) is 0 Å². The molecule has 2 aliphatic heterocycles. The maximum atomic E-state index is 13.7. The highest BCUT2D eigenvalue weighted by Crippen LogP contribution is 2.31. The van der Waals surface area contributed by atoms with E-state index in [-0.39, 0.29) is 24.7 Å². The van der Waals surface area contributed by atoms with Gasteiger partial charge in [-0.15, -0.1) is 0 Å². The molecule has 0 aromatic carbocycles. The highest BCUT2D eigenvalue weighted by atomic mass is 16.6. The molecule has 0 bridgehead atoms. The van der Waals surface area contributed by atoms with Gasteiger partial charge in [0.05, 0.1) is 39.5 Å². The van der Waals surface area contributed by atoms with Crippen LogP contribution in [0.5, 0.6) is 5.88 Å². The van der Waals surface area contributed by atoms with E-state index < -0.39 is 35.5 Å². The van der Waals surface area contributed by atoms with Crippen molar-refractivity contribution in [2.75, 3.05) is 46.6 Å². The molecule has 12 nitrogen and oxygen atoms in total. The van der Waals surface area contributed by atoms with Gasteiger partial charge in [0.15, 0.2) is 5.78 Å². The van der Waals surface area contributed by atoms with Gasteiger partial charge in [0.2, 0.25) is 23.6 Å². The minimum atomic E-state index is -1.02. The number of morpholine rings is 1. The Morgan fingerprint density at radius 1 is 1.10 bits per heavy atom. The molecule has 41 heavy (non-hydrogen) atoms. The maximum Gasteiger partial charge on any atom is 0.243 e. The molecule has 0 saturated carbocycles. The molecule has 1 aliphatic carbocycles. The Labute approximate surface area is 240 Å². The standard InChI is InChI=1S/C29H41N5O7/c1-19(31-24(35)17-34-10-12-40-13-11-34)27(37)33-23(15-21-8-9-30-25(16-21)39-3)28(38)32-22(14-20-6-4-5-7-20)26(36)29(2)18-41-29/h6,8-9,16,19,22-23H,4-5,7,10-15,17-18H2,1-3H3,(H,31,35)(H,32,38)(H,33,37)/t19-,22-,23-,29+/m0/s1. The molecule has 2 fully saturated rings. The van der Waals surface area contributed by atoms with Crippen molar-refractivity contribution in [3.05, 3.63) is 35.5 Å². The highest BCUT2D eigenvalue weighted by Gasteiger charge is 2.50. The van der Waals surface area contributed by atoms with Crippen LogP contribution in [0.1, 0.15) is 45.1 Å².